The molecule has 2 nitrogen and oxygen atoms in total. The van der Waals surface area contributed by atoms with Crippen molar-refractivity contribution in [1.29, 1.82) is 0 Å². The van der Waals surface area contributed by atoms with Gasteiger partial charge in [-0.1, -0.05) is 24.1 Å². The number of fused-ring (bicyclic) bond motifs is 1. The SMILES string of the molecule is CNC1(C)C(C)C2=CC13OC(C)=CC(C)=CC23. The molecule has 0 aromatic heterocycles. The summed E-state index contributed by atoms with van der Waals surface area (Å²) in [6.07, 6.45) is 6.84. The Kier molecular flexibility index (Phi) is 1.99. The van der Waals surface area contributed by atoms with Crippen LogP contribution < -0.4 is 5.32 Å². The van der Waals surface area contributed by atoms with E-state index in [-0.39, 0.29) is 11.1 Å². The molecular weight excluding hydrogens is 210 g/mol. The number of nitrogens with one attached hydrogen (secondary N) is 1. The summed E-state index contributed by atoms with van der Waals surface area (Å²) in [4.78, 5) is 0. The summed E-state index contributed by atoms with van der Waals surface area (Å²) in [5.41, 5.74) is 2.68. The highest BCUT2D eigenvalue weighted by atomic mass is 16.5. The maximum atomic E-state index is 6.31. The zero-order valence-corrected chi connectivity index (χ0v) is 11.3. The molecule has 2 bridgehead atoms. The lowest BCUT2D eigenvalue weighted by molar-refractivity contribution is -0.0394. The van der Waals surface area contributed by atoms with Crippen molar-refractivity contribution in [2.75, 3.05) is 7.05 Å². The molecule has 1 saturated carbocycles. The van der Waals surface area contributed by atoms with E-state index in [1.807, 2.05) is 7.05 Å². The molecule has 0 radical (unpaired) electrons. The third-order valence-corrected chi connectivity index (χ3v) is 5.09. The van der Waals surface area contributed by atoms with Gasteiger partial charge in [0.15, 0.2) is 5.60 Å². The number of hydrogen-bond donors (Lipinski definition) is 1. The van der Waals surface area contributed by atoms with Crippen LogP contribution in [0.15, 0.2) is 35.1 Å². The van der Waals surface area contributed by atoms with Crippen LogP contribution in [0.25, 0.3) is 0 Å². The van der Waals surface area contributed by atoms with Gasteiger partial charge in [0.1, 0.15) is 0 Å². The molecule has 2 heteroatoms. The van der Waals surface area contributed by atoms with Crippen molar-refractivity contribution < 1.29 is 4.74 Å². The lowest BCUT2D eigenvalue weighted by atomic mass is 9.72. The van der Waals surface area contributed by atoms with Gasteiger partial charge in [-0.2, -0.15) is 0 Å². The van der Waals surface area contributed by atoms with Crippen LogP contribution in [-0.4, -0.2) is 18.2 Å². The van der Waals surface area contributed by atoms with Crippen LogP contribution in [0.5, 0.6) is 0 Å². The van der Waals surface area contributed by atoms with E-state index in [0.717, 1.165) is 5.76 Å². The van der Waals surface area contributed by atoms with Crippen molar-refractivity contribution in [3.63, 3.8) is 0 Å². The molecule has 3 aliphatic carbocycles. The van der Waals surface area contributed by atoms with E-state index in [1.54, 1.807) is 0 Å². The Morgan fingerprint density at radius 1 is 1.35 bits per heavy atom. The molecule has 4 unspecified atom stereocenters. The zero-order valence-electron chi connectivity index (χ0n) is 11.3. The van der Waals surface area contributed by atoms with Gasteiger partial charge in [0.05, 0.1) is 11.3 Å². The molecule has 0 aromatic carbocycles. The fourth-order valence-electron chi connectivity index (χ4n) is 3.88. The van der Waals surface area contributed by atoms with E-state index in [2.05, 4.69) is 51.2 Å². The zero-order chi connectivity index (χ0) is 12.4. The van der Waals surface area contributed by atoms with Crippen LogP contribution in [0.2, 0.25) is 0 Å². The molecule has 4 atom stereocenters. The molecule has 1 heterocycles. The highest BCUT2D eigenvalue weighted by Crippen LogP contribution is 2.63. The van der Waals surface area contributed by atoms with E-state index in [0.29, 0.717) is 11.8 Å². The standard InChI is InChI=1S/C15H21NO/c1-9-6-10(2)17-15-8-12(13(15)7-9)11(3)14(15,4)16-5/h6-8,11,13,16H,1-5H3. The summed E-state index contributed by atoms with van der Waals surface area (Å²) in [7, 11) is 2.04. The molecule has 1 spiro atoms. The minimum atomic E-state index is -0.172. The van der Waals surface area contributed by atoms with Gasteiger partial charge in [-0.15, -0.1) is 0 Å². The fourth-order valence-corrected chi connectivity index (χ4v) is 3.88. The van der Waals surface area contributed by atoms with E-state index < -0.39 is 0 Å². The Hall–Kier alpha value is -1.02. The Morgan fingerprint density at radius 3 is 2.71 bits per heavy atom. The van der Waals surface area contributed by atoms with E-state index in [4.69, 9.17) is 4.74 Å². The molecule has 0 saturated heterocycles. The van der Waals surface area contributed by atoms with Crippen LogP contribution in [0.4, 0.5) is 0 Å². The quantitative estimate of drug-likeness (QED) is 0.701. The molecule has 1 N–H and O–H groups in total. The Bertz CT molecular complexity index is 473. The number of ether oxygens (including phenoxy) is 1. The summed E-state index contributed by atoms with van der Waals surface area (Å²) in [5.74, 6) is 2.00. The van der Waals surface area contributed by atoms with Gasteiger partial charge >= 0.3 is 0 Å². The fraction of sp³-hybridized carbons (Fsp3) is 0.600. The normalized spacial score (nSPS) is 47.0. The summed E-state index contributed by atoms with van der Waals surface area (Å²) in [5, 5.41) is 3.50. The first-order valence-electron chi connectivity index (χ1n) is 6.42. The van der Waals surface area contributed by atoms with Crippen LogP contribution >= 0.6 is 0 Å². The summed E-state index contributed by atoms with van der Waals surface area (Å²) >= 11 is 0. The second-order valence-electron chi connectivity index (χ2n) is 5.86. The molecule has 0 aromatic rings. The second-order valence-corrected chi connectivity index (χ2v) is 5.86. The lowest BCUT2D eigenvalue weighted by Crippen LogP contribution is -2.61. The first-order chi connectivity index (χ1) is 7.94. The van der Waals surface area contributed by atoms with Crippen molar-refractivity contribution in [3.05, 3.63) is 35.1 Å². The highest BCUT2D eigenvalue weighted by molar-refractivity contribution is 5.54. The monoisotopic (exact) mass is 231 g/mol. The highest BCUT2D eigenvalue weighted by Gasteiger charge is 2.70. The van der Waals surface area contributed by atoms with Crippen molar-refractivity contribution >= 4 is 0 Å². The molecule has 4 rings (SSSR count). The van der Waals surface area contributed by atoms with Crippen molar-refractivity contribution in [1.82, 2.24) is 5.32 Å². The lowest BCUT2D eigenvalue weighted by Gasteiger charge is -2.46. The second kappa shape index (κ2) is 3.05. The van der Waals surface area contributed by atoms with Gasteiger partial charge in [0.2, 0.25) is 0 Å². The summed E-state index contributed by atoms with van der Waals surface area (Å²) in [6.45, 7) is 8.80. The first kappa shape index (κ1) is 11.1. The third-order valence-electron chi connectivity index (χ3n) is 5.09. The Balaban J connectivity index is 2.13. The van der Waals surface area contributed by atoms with Crippen LogP contribution in [-0.2, 0) is 4.74 Å². The minimum Gasteiger partial charge on any atom is -0.485 e. The Morgan fingerprint density at radius 2 is 2.06 bits per heavy atom. The number of allylic oxidation sites excluding steroid dienone is 3. The molecule has 1 aliphatic heterocycles. The van der Waals surface area contributed by atoms with Gasteiger partial charge in [-0.3, -0.25) is 0 Å². The van der Waals surface area contributed by atoms with Gasteiger partial charge < -0.3 is 10.1 Å². The average molecular weight is 231 g/mol. The Labute approximate surface area is 103 Å². The average Bonchev–Trinajstić information content (AvgIpc) is 2.52. The molecule has 0 amide bonds. The van der Waals surface area contributed by atoms with E-state index in [1.165, 1.54) is 11.1 Å². The molecule has 17 heavy (non-hydrogen) atoms. The maximum Gasteiger partial charge on any atom is 0.155 e. The molecule has 92 valence electrons. The third kappa shape index (κ3) is 1.05. The van der Waals surface area contributed by atoms with Gasteiger partial charge in [0, 0.05) is 11.8 Å². The van der Waals surface area contributed by atoms with Crippen LogP contribution in [0.3, 0.4) is 0 Å². The maximum absolute atomic E-state index is 6.31. The van der Waals surface area contributed by atoms with Crippen LogP contribution in [0, 0.1) is 11.8 Å². The van der Waals surface area contributed by atoms with Gasteiger partial charge in [-0.25, -0.2) is 0 Å². The summed E-state index contributed by atoms with van der Waals surface area (Å²) in [6, 6.07) is 0. The van der Waals surface area contributed by atoms with Crippen molar-refractivity contribution in [2.24, 2.45) is 11.8 Å². The molecule has 4 aliphatic rings. The minimum absolute atomic E-state index is 0.00319. The number of likely N-dealkylation sites (N-methyl/N-ethyl adjacent to an activating group) is 1. The van der Waals surface area contributed by atoms with Gasteiger partial charge in [-0.05, 0) is 40.0 Å². The largest absolute Gasteiger partial charge is 0.485 e. The predicted octanol–water partition coefficient (Wildman–Crippen LogP) is 2.79. The van der Waals surface area contributed by atoms with E-state index >= 15 is 0 Å². The summed E-state index contributed by atoms with van der Waals surface area (Å²) < 4.78 is 6.31. The topological polar surface area (TPSA) is 21.3 Å². The van der Waals surface area contributed by atoms with Gasteiger partial charge in [0.25, 0.3) is 0 Å². The molecular formula is C15H21NO. The van der Waals surface area contributed by atoms with Crippen molar-refractivity contribution in [2.45, 2.75) is 38.8 Å². The predicted molar refractivity (Wildman–Crippen MR) is 69.5 cm³/mol. The van der Waals surface area contributed by atoms with Crippen LogP contribution in [0.1, 0.15) is 27.7 Å². The first-order valence-corrected chi connectivity index (χ1v) is 6.42. The molecule has 1 fully saturated rings. The van der Waals surface area contributed by atoms with Crippen molar-refractivity contribution in [3.8, 4) is 0 Å². The smallest absolute Gasteiger partial charge is 0.155 e. The van der Waals surface area contributed by atoms with E-state index in [9.17, 15) is 0 Å². The number of rotatable bonds is 1. The number of hydrogen-bond acceptors (Lipinski definition) is 2.